The lowest BCUT2D eigenvalue weighted by atomic mass is 10.2. The van der Waals surface area contributed by atoms with E-state index in [1.54, 1.807) is 12.1 Å². The summed E-state index contributed by atoms with van der Waals surface area (Å²) in [5, 5.41) is 3.09. The Morgan fingerprint density at radius 1 is 1.00 bits per heavy atom. The molecule has 9 nitrogen and oxygen atoms in total. The molecule has 3 rings (SSSR count). The van der Waals surface area contributed by atoms with Crippen molar-refractivity contribution >= 4 is 23.6 Å². The van der Waals surface area contributed by atoms with Gasteiger partial charge < -0.3 is 25.3 Å². The van der Waals surface area contributed by atoms with Gasteiger partial charge in [0, 0.05) is 5.69 Å². The summed E-state index contributed by atoms with van der Waals surface area (Å²) < 4.78 is 16.1. The smallest absolute Gasteiger partial charge is 0.309 e. The van der Waals surface area contributed by atoms with E-state index < -0.39 is 5.97 Å². The van der Waals surface area contributed by atoms with Crippen LogP contribution in [0.1, 0.15) is 24.7 Å². The average molecular weight is 423 g/mol. The van der Waals surface area contributed by atoms with Gasteiger partial charge in [0.2, 0.25) is 11.9 Å². The molecule has 0 aliphatic rings. The van der Waals surface area contributed by atoms with Gasteiger partial charge in [0.25, 0.3) is 0 Å². The van der Waals surface area contributed by atoms with Crippen LogP contribution in [0.4, 0.5) is 17.6 Å². The first-order valence-corrected chi connectivity index (χ1v) is 9.88. The lowest BCUT2D eigenvalue weighted by Crippen LogP contribution is -2.13. The standard InChI is InChI=1S/C22H25N5O4/c1-3-29-16-8-10-17(11-9-16)30-13-12-20(28)31-14-19-25-21(23)27-22(26-19)24-18-7-5-4-6-15(18)2/h4-11H,3,12-14H2,1-2H3,(H3,23,24,25,26,27). The number of hydrogen-bond donors (Lipinski definition) is 2. The first-order chi connectivity index (χ1) is 15.0. The van der Waals surface area contributed by atoms with Crippen molar-refractivity contribution in [1.82, 2.24) is 15.0 Å². The highest BCUT2D eigenvalue weighted by molar-refractivity contribution is 5.69. The molecule has 0 atom stereocenters. The summed E-state index contributed by atoms with van der Waals surface area (Å²) in [4.78, 5) is 24.4. The summed E-state index contributed by atoms with van der Waals surface area (Å²) in [6.07, 6.45) is 0.0854. The van der Waals surface area contributed by atoms with Crippen molar-refractivity contribution in [2.45, 2.75) is 26.9 Å². The zero-order valence-corrected chi connectivity index (χ0v) is 17.5. The van der Waals surface area contributed by atoms with Gasteiger partial charge in [-0.15, -0.1) is 0 Å². The second-order valence-electron chi connectivity index (χ2n) is 6.54. The number of carbonyl (C=O) groups is 1. The van der Waals surface area contributed by atoms with Gasteiger partial charge in [-0.3, -0.25) is 4.79 Å². The minimum Gasteiger partial charge on any atom is -0.494 e. The van der Waals surface area contributed by atoms with Crippen LogP contribution in [0.3, 0.4) is 0 Å². The van der Waals surface area contributed by atoms with Crippen molar-refractivity contribution in [3.8, 4) is 11.5 Å². The number of ether oxygens (including phenoxy) is 3. The monoisotopic (exact) mass is 423 g/mol. The molecule has 0 bridgehead atoms. The maximum absolute atomic E-state index is 12.0. The van der Waals surface area contributed by atoms with Gasteiger partial charge in [-0.25, -0.2) is 0 Å². The third-order valence-electron chi connectivity index (χ3n) is 4.16. The van der Waals surface area contributed by atoms with Crippen molar-refractivity contribution < 1.29 is 19.0 Å². The predicted octanol–water partition coefficient (Wildman–Crippen LogP) is 3.42. The Morgan fingerprint density at radius 2 is 1.71 bits per heavy atom. The number of nitrogens with two attached hydrogens (primary N) is 1. The molecule has 0 fully saturated rings. The van der Waals surface area contributed by atoms with Crippen molar-refractivity contribution in [1.29, 1.82) is 0 Å². The fourth-order valence-corrected chi connectivity index (χ4v) is 2.66. The molecular formula is C22H25N5O4. The van der Waals surface area contributed by atoms with E-state index in [1.807, 2.05) is 50.2 Å². The number of carbonyl (C=O) groups excluding carboxylic acids is 1. The molecule has 0 spiro atoms. The predicted molar refractivity (Wildman–Crippen MR) is 116 cm³/mol. The molecule has 31 heavy (non-hydrogen) atoms. The lowest BCUT2D eigenvalue weighted by molar-refractivity contribution is -0.145. The zero-order chi connectivity index (χ0) is 22.1. The fourth-order valence-electron chi connectivity index (χ4n) is 2.66. The quantitative estimate of drug-likeness (QED) is 0.472. The molecule has 3 N–H and O–H groups in total. The largest absolute Gasteiger partial charge is 0.494 e. The number of nitrogens with one attached hydrogen (secondary N) is 1. The van der Waals surface area contributed by atoms with E-state index >= 15 is 0 Å². The van der Waals surface area contributed by atoms with Crippen LogP contribution in [-0.2, 0) is 16.1 Å². The van der Waals surface area contributed by atoms with Crippen molar-refractivity contribution in [2.24, 2.45) is 0 Å². The summed E-state index contributed by atoms with van der Waals surface area (Å²) in [5.41, 5.74) is 7.64. The average Bonchev–Trinajstić information content (AvgIpc) is 2.75. The first kappa shape index (κ1) is 21.8. The SMILES string of the molecule is CCOc1ccc(OCCC(=O)OCc2nc(N)nc(Nc3ccccc3C)n2)cc1. The van der Waals surface area contributed by atoms with Crippen LogP contribution in [0.2, 0.25) is 0 Å². The van der Waals surface area contributed by atoms with Crippen LogP contribution in [0.15, 0.2) is 48.5 Å². The minimum absolute atomic E-state index is 0.0379. The topological polar surface area (TPSA) is 121 Å². The molecule has 1 aromatic heterocycles. The molecule has 0 saturated heterocycles. The molecule has 0 saturated carbocycles. The highest BCUT2D eigenvalue weighted by atomic mass is 16.5. The number of hydrogen-bond acceptors (Lipinski definition) is 9. The Morgan fingerprint density at radius 3 is 2.42 bits per heavy atom. The molecule has 0 amide bonds. The fraction of sp³-hybridized carbons (Fsp3) is 0.273. The van der Waals surface area contributed by atoms with E-state index in [9.17, 15) is 4.79 Å². The third-order valence-corrected chi connectivity index (χ3v) is 4.16. The molecule has 9 heteroatoms. The van der Waals surface area contributed by atoms with Gasteiger partial charge in [0.15, 0.2) is 12.4 Å². The molecule has 0 radical (unpaired) electrons. The van der Waals surface area contributed by atoms with Crippen LogP contribution in [0.5, 0.6) is 11.5 Å². The Bertz CT molecular complexity index is 1010. The van der Waals surface area contributed by atoms with E-state index in [-0.39, 0.29) is 37.4 Å². The highest BCUT2D eigenvalue weighted by Crippen LogP contribution is 2.19. The van der Waals surface area contributed by atoms with E-state index in [0.717, 1.165) is 17.0 Å². The maximum atomic E-state index is 12.0. The molecule has 0 aliphatic heterocycles. The van der Waals surface area contributed by atoms with Crippen LogP contribution in [0, 0.1) is 6.92 Å². The van der Waals surface area contributed by atoms with Gasteiger partial charge in [0.05, 0.1) is 19.6 Å². The first-order valence-electron chi connectivity index (χ1n) is 9.88. The van der Waals surface area contributed by atoms with Gasteiger partial charge in [-0.05, 0) is 49.7 Å². The Kier molecular flexibility index (Phi) is 7.58. The minimum atomic E-state index is -0.432. The van der Waals surface area contributed by atoms with Crippen LogP contribution < -0.4 is 20.5 Å². The molecule has 2 aromatic carbocycles. The number of esters is 1. The molecule has 1 heterocycles. The van der Waals surface area contributed by atoms with E-state index in [2.05, 4.69) is 20.3 Å². The highest BCUT2D eigenvalue weighted by Gasteiger charge is 2.10. The number of aromatic nitrogens is 3. The maximum Gasteiger partial charge on any atom is 0.309 e. The number of rotatable bonds is 10. The molecule has 3 aromatic rings. The number of benzene rings is 2. The summed E-state index contributed by atoms with van der Waals surface area (Å²) in [6.45, 7) is 4.56. The molecule has 162 valence electrons. The van der Waals surface area contributed by atoms with Gasteiger partial charge in [-0.2, -0.15) is 15.0 Å². The number of para-hydroxylation sites is 1. The van der Waals surface area contributed by atoms with E-state index in [1.165, 1.54) is 0 Å². The third kappa shape index (κ3) is 6.84. The van der Waals surface area contributed by atoms with E-state index in [0.29, 0.717) is 12.4 Å². The summed E-state index contributed by atoms with van der Waals surface area (Å²) in [5.74, 6) is 1.56. The van der Waals surface area contributed by atoms with Crippen LogP contribution in [-0.4, -0.2) is 34.1 Å². The molecule has 0 unspecified atom stereocenters. The zero-order valence-electron chi connectivity index (χ0n) is 17.5. The van der Waals surface area contributed by atoms with Crippen LogP contribution >= 0.6 is 0 Å². The number of aryl methyl sites for hydroxylation is 1. The van der Waals surface area contributed by atoms with Crippen molar-refractivity contribution in [3.63, 3.8) is 0 Å². The van der Waals surface area contributed by atoms with Gasteiger partial charge >= 0.3 is 5.97 Å². The second kappa shape index (κ2) is 10.8. The summed E-state index contributed by atoms with van der Waals surface area (Å²) in [6, 6.07) is 14.9. The van der Waals surface area contributed by atoms with E-state index in [4.69, 9.17) is 19.9 Å². The van der Waals surface area contributed by atoms with Crippen molar-refractivity contribution in [3.05, 3.63) is 59.9 Å². The second-order valence-corrected chi connectivity index (χ2v) is 6.54. The summed E-state index contributed by atoms with van der Waals surface area (Å²) in [7, 11) is 0. The Labute approximate surface area is 180 Å². The molecular weight excluding hydrogens is 398 g/mol. The normalized spacial score (nSPS) is 10.4. The number of nitrogen functional groups attached to an aromatic ring is 1. The van der Waals surface area contributed by atoms with Crippen molar-refractivity contribution in [2.75, 3.05) is 24.3 Å². The number of nitrogens with zero attached hydrogens (tertiary/aromatic N) is 3. The van der Waals surface area contributed by atoms with Crippen LogP contribution in [0.25, 0.3) is 0 Å². The van der Waals surface area contributed by atoms with Gasteiger partial charge in [0.1, 0.15) is 11.5 Å². The Balaban J connectivity index is 1.47. The number of anilines is 3. The molecule has 0 aliphatic carbocycles. The van der Waals surface area contributed by atoms with Gasteiger partial charge in [-0.1, -0.05) is 18.2 Å². The Hall–Kier alpha value is -3.88. The summed E-state index contributed by atoms with van der Waals surface area (Å²) >= 11 is 0. The lowest BCUT2D eigenvalue weighted by Gasteiger charge is -2.10.